The summed E-state index contributed by atoms with van der Waals surface area (Å²) in [5.74, 6) is 0. The zero-order chi connectivity index (χ0) is 11.5. The monoisotopic (exact) mass is 233 g/mol. The third kappa shape index (κ3) is 2.20. The average molecular weight is 234 g/mol. The van der Waals surface area contributed by atoms with Gasteiger partial charge in [0.15, 0.2) is 0 Å². The average Bonchev–Trinajstić information content (AvgIpc) is 2.29. The summed E-state index contributed by atoms with van der Waals surface area (Å²) >= 11 is 5.84. The Morgan fingerprint density at radius 3 is 2.31 bits per heavy atom. The van der Waals surface area contributed by atoms with Crippen LogP contribution in [0.4, 0.5) is 5.69 Å². The Balaban J connectivity index is 2.54. The molecule has 0 bridgehead atoms. The minimum Gasteiger partial charge on any atom is -0.258 e. The Kier molecular flexibility index (Phi) is 2.88. The molecule has 0 aliphatic carbocycles. The molecule has 3 nitrogen and oxygen atoms in total. The van der Waals surface area contributed by atoms with Gasteiger partial charge in [0.25, 0.3) is 5.69 Å². The second-order valence-electron chi connectivity index (χ2n) is 3.32. The molecule has 0 fully saturated rings. The second-order valence-corrected chi connectivity index (χ2v) is 3.76. The molecule has 0 heterocycles. The fraction of sp³-hybridized carbons (Fsp3) is 0. The molecule has 0 aliphatic rings. The molecule has 0 aliphatic heterocycles. The normalized spacial score (nSPS) is 10.1. The predicted octanol–water partition coefficient (Wildman–Crippen LogP) is 3.92. The zero-order valence-electron chi connectivity index (χ0n) is 8.26. The molecule has 2 aromatic carbocycles. The Bertz CT molecular complexity index is 526. The lowest BCUT2D eigenvalue weighted by atomic mass is 10.1. The van der Waals surface area contributed by atoms with Gasteiger partial charge < -0.3 is 0 Å². The van der Waals surface area contributed by atoms with Crippen LogP contribution in [0.25, 0.3) is 11.1 Å². The summed E-state index contributed by atoms with van der Waals surface area (Å²) in [6.07, 6.45) is 0. The number of nitro benzene ring substituents is 1. The molecular formula is C12H8ClNO2. The number of rotatable bonds is 2. The van der Waals surface area contributed by atoms with Crippen LogP contribution in [0, 0.1) is 10.1 Å². The minimum atomic E-state index is -0.446. The number of hydrogen-bond donors (Lipinski definition) is 0. The van der Waals surface area contributed by atoms with E-state index in [-0.39, 0.29) is 5.69 Å². The van der Waals surface area contributed by atoms with Gasteiger partial charge in [-0.15, -0.1) is 0 Å². The van der Waals surface area contributed by atoms with Crippen LogP contribution in [-0.2, 0) is 0 Å². The first-order valence-electron chi connectivity index (χ1n) is 4.67. The van der Waals surface area contributed by atoms with E-state index in [4.69, 9.17) is 11.6 Å². The van der Waals surface area contributed by atoms with E-state index in [1.807, 2.05) is 30.3 Å². The number of non-ortho nitro benzene ring substituents is 1. The van der Waals surface area contributed by atoms with Crippen LogP contribution in [0.15, 0.2) is 48.5 Å². The highest BCUT2D eigenvalue weighted by atomic mass is 35.5. The number of halogens is 1. The Labute approximate surface area is 97.4 Å². The highest BCUT2D eigenvalue weighted by Gasteiger charge is 2.09. The van der Waals surface area contributed by atoms with E-state index in [2.05, 4.69) is 0 Å². The van der Waals surface area contributed by atoms with Crippen LogP contribution in [-0.4, -0.2) is 4.92 Å². The number of benzene rings is 2. The van der Waals surface area contributed by atoms with Crippen molar-refractivity contribution in [2.45, 2.75) is 0 Å². The molecule has 0 saturated heterocycles. The van der Waals surface area contributed by atoms with Crippen LogP contribution in [0.3, 0.4) is 0 Å². The van der Waals surface area contributed by atoms with E-state index in [0.29, 0.717) is 5.02 Å². The number of hydrogen-bond acceptors (Lipinski definition) is 2. The van der Waals surface area contributed by atoms with E-state index < -0.39 is 4.92 Å². The summed E-state index contributed by atoms with van der Waals surface area (Å²) in [7, 11) is 0. The molecule has 0 atom stereocenters. The smallest absolute Gasteiger partial charge is 0.258 e. The molecule has 0 unspecified atom stereocenters. The molecule has 16 heavy (non-hydrogen) atoms. The van der Waals surface area contributed by atoms with Crippen LogP contribution in [0.2, 0.25) is 5.02 Å². The van der Waals surface area contributed by atoms with Gasteiger partial charge in [0.05, 0.1) is 4.92 Å². The lowest BCUT2D eigenvalue weighted by Crippen LogP contribution is -1.88. The summed E-state index contributed by atoms with van der Waals surface area (Å²) in [6.45, 7) is 0. The maximum absolute atomic E-state index is 10.7. The molecule has 80 valence electrons. The summed E-state index contributed by atoms with van der Waals surface area (Å²) in [6, 6.07) is 14.0. The molecule has 0 amide bonds. The van der Waals surface area contributed by atoms with Crippen molar-refractivity contribution in [3.05, 3.63) is 63.7 Å². The summed E-state index contributed by atoms with van der Waals surface area (Å²) in [5.41, 5.74) is 1.67. The van der Waals surface area contributed by atoms with Gasteiger partial charge in [-0.25, -0.2) is 0 Å². The van der Waals surface area contributed by atoms with Crippen LogP contribution in [0.5, 0.6) is 0 Å². The van der Waals surface area contributed by atoms with E-state index in [1.165, 1.54) is 12.1 Å². The van der Waals surface area contributed by atoms with Gasteiger partial charge in [-0.1, -0.05) is 41.9 Å². The largest absolute Gasteiger partial charge is 0.271 e. The van der Waals surface area contributed by atoms with Gasteiger partial charge in [-0.2, -0.15) is 0 Å². The van der Waals surface area contributed by atoms with Crippen molar-refractivity contribution in [1.82, 2.24) is 0 Å². The molecule has 0 aromatic heterocycles. The first kappa shape index (κ1) is 10.6. The van der Waals surface area contributed by atoms with Gasteiger partial charge >= 0.3 is 0 Å². The summed E-state index contributed by atoms with van der Waals surface area (Å²) in [5, 5.41) is 11.1. The number of nitro groups is 1. The number of nitrogens with zero attached hydrogens (tertiary/aromatic N) is 1. The van der Waals surface area contributed by atoms with Gasteiger partial charge in [0.2, 0.25) is 0 Å². The van der Waals surface area contributed by atoms with E-state index >= 15 is 0 Å². The fourth-order valence-electron chi connectivity index (χ4n) is 1.48. The van der Waals surface area contributed by atoms with Crippen molar-refractivity contribution < 1.29 is 4.92 Å². The van der Waals surface area contributed by atoms with Gasteiger partial charge in [0, 0.05) is 17.2 Å². The van der Waals surface area contributed by atoms with Crippen molar-refractivity contribution in [3.8, 4) is 11.1 Å². The molecule has 2 aromatic rings. The third-order valence-electron chi connectivity index (χ3n) is 2.20. The molecule has 0 radical (unpaired) electrons. The second kappa shape index (κ2) is 4.33. The van der Waals surface area contributed by atoms with Crippen LogP contribution < -0.4 is 0 Å². The highest BCUT2D eigenvalue weighted by molar-refractivity contribution is 6.31. The standard InChI is InChI=1S/C12H8ClNO2/c13-11-6-10(7-12(8-11)14(15)16)9-4-2-1-3-5-9/h1-8H. The van der Waals surface area contributed by atoms with Crippen LogP contribution >= 0.6 is 11.6 Å². The van der Waals surface area contributed by atoms with Crippen molar-refractivity contribution in [2.75, 3.05) is 0 Å². The maximum Gasteiger partial charge on any atom is 0.271 e. The highest BCUT2D eigenvalue weighted by Crippen LogP contribution is 2.27. The summed E-state index contributed by atoms with van der Waals surface area (Å²) < 4.78 is 0. The van der Waals surface area contributed by atoms with Crippen molar-refractivity contribution >= 4 is 17.3 Å². The molecule has 0 saturated carbocycles. The predicted molar refractivity (Wildman–Crippen MR) is 63.5 cm³/mol. The quantitative estimate of drug-likeness (QED) is 0.583. The first-order chi connectivity index (χ1) is 7.66. The molecule has 2 rings (SSSR count). The Hall–Kier alpha value is -1.87. The minimum absolute atomic E-state index is 0.00588. The Morgan fingerprint density at radius 1 is 1.00 bits per heavy atom. The van der Waals surface area contributed by atoms with Crippen molar-refractivity contribution in [3.63, 3.8) is 0 Å². The van der Waals surface area contributed by atoms with Gasteiger partial charge in [-0.3, -0.25) is 10.1 Å². The summed E-state index contributed by atoms with van der Waals surface area (Å²) in [4.78, 5) is 10.2. The van der Waals surface area contributed by atoms with Crippen molar-refractivity contribution in [1.29, 1.82) is 0 Å². The van der Waals surface area contributed by atoms with Crippen LogP contribution in [0.1, 0.15) is 0 Å². The lowest BCUT2D eigenvalue weighted by molar-refractivity contribution is -0.384. The topological polar surface area (TPSA) is 43.1 Å². The van der Waals surface area contributed by atoms with E-state index in [0.717, 1.165) is 11.1 Å². The fourth-order valence-corrected chi connectivity index (χ4v) is 1.71. The molecule has 0 N–H and O–H groups in total. The SMILES string of the molecule is O=[N+]([O-])c1cc(Cl)cc(-c2ccccc2)c1. The van der Waals surface area contributed by atoms with E-state index in [1.54, 1.807) is 6.07 Å². The lowest BCUT2D eigenvalue weighted by Gasteiger charge is -2.02. The van der Waals surface area contributed by atoms with E-state index in [9.17, 15) is 10.1 Å². The van der Waals surface area contributed by atoms with Gasteiger partial charge in [0.1, 0.15) is 0 Å². The first-order valence-corrected chi connectivity index (χ1v) is 5.05. The Morgan fingerprint density at radius 2 is 1.69 bits per heavy atom. The van der Waals surface area contributed by atoms with Crippen molar-refractivity contribution in [2.24, 2.45) is 0 Å². The third-order valence-corrected chi connectivity index (χ3v) is 2.42. The molecular weight excluding hydrogens is 226 g/mol. The van der Waals surface area contributed by atoms with Gasteiger partial charge in [-0.05, 0) is 17.2 Å². The molecule has 0 spiro atoms. The molecule has 4 heteroatoms. The maximum atomic E-state index is 10.7. The zero-order valence-corrected chi connectivity index (χ0v) is 9.02.